The zero-order valence-corrected chi connectivity index (χ0v) is 11.2. The Morgan fingerprint density at radius 1 is 1.11 bits per heavy atom. The third-order valence-electron chi connectivity index (χ3n) is 4.79. The Hall–Kier alpha value is -1.15. The smallest absolute Gasteiger partial charge is 0.137 e. The number of fused-ring (bicyclic) bond motifs is 3. The summed E-state index contributed by atoms with van der Waals surface area (Å²) in [6, 6.07) is 11.2. The van der Waals surface area contributed by atoms with Gasteiger partial charge in [-0.05, 0) is 38.4 Å². The van der Waals surface area contributed by atoms with E-state index in [1.54, 1.807) is 0 Å². The van der Waals surface area contributed by atoms with Crippen LogP contribution in [0.5, 0.6) is 0 Å². The van der Waals surface area contributed by atoms with Gasteiger partial charge in [0.05, 0.1) is 0 Å². The number of Topliss-reactive ketones (excluding diaryl/α,β-unsaturated/α-hetero) is 1. The molecule has 2 nitrogen and oxygen atoms in total. The summed E-state index contributed by atoms with van der Waals surface area (Å²) in [5, 5.41) is 0. The molecule has 0 aliphatic heterocycles. The maximum Gasteiger partial charge on any atom is 0.137 e. The number of benzene rings is 1. The summed E-state index contributed by atoms with van der Waals surface area (Å²) >= 11 is 0. The normalized spacial score (nSPS) is 35.2. The molecule has 2 bridgehead atoms. The molecule has 4 atom stereocenters. The maximum atomic E-state index is 12.1. The lowest BCUT2D eigenvalue weighted by molar-refractivity contribution is -0.134. The number of hydrogen-bond acceptors (Lipinski definition) is 2. The molecular weight excluding hydrogens is 222 g/mol. The van der Waals surface area contributed by atoms with Crippen molar-refractivity contribution in [3.05, 3.63) is 35.9 Å². The Kier molecular flexibility index (Phi) is 2.98. The molecule has 1 aromatic carbocycles. The van der Waals surface area contributed by atoms with E-state index in [-0.39, 0.29) is 5.92 Å². The fourth-order valence-corrected chi connectivity index (χ4v) is 4.09. The van der Waals surface area contributed by atoms with Crippen molar-refractivity contribution in [1.29, 1.82) is 0 Å². The molecule has 0 saturated heterocycles. The van der Waals surface area contributed by atoms with Crippen molar-refractivity contribution < 1.29 is 4.79 Å². The molecule has 0 amide bonds. The minimum atomic E-state index is 0.259. The Balaban J connectivity index is 1.99. The summed E-state index contributed by atoms with van der Waals surface area (Å²) < 4.78 is 0. The van der Waals surface area contributed by atoms with Crippen LogP contribution in [0.4, 0.5) is 0 Å². The van der Waals surface area contributed by atoms with Crippen molar-refractivity contribution in [1.82, 2.24) is 4.90 Å². The minimum absolute atomic E-state index is 0.259. The number of nitrogens with zero attached hydrogens (tertiary/aromatic N) is 1. The molecule has 0 N–H and O–H groups in total. The lowest BCUT2D eigenvalue weighted by Gasteiger charge is -2.50. The standard InChI is InChI=1S/C16H21NO/c1-17(2)16-13-9-8-12(10-14(13)18)15(16)11-6-4-3-5-7-11/h3-7,12-13,15-16H,8-10H2,1-2H3/t12-,13+,15+,16+/m0/s1. The molecule has 18 heavy (non-hydrogen) atoms. The Bertz CT molecular complexity index is 440. The minimum Gasteiger partial charge on any atom is -0.305 e. The highest BCUT2D eigenvalue weighted by molar-refractivity contribution is 5.84. The average molecular weight is 243 g/mol. The average Bonchev–Trinajstić information content (AvgIpc) is 2.39. The van der Waals surface area contributed by atoms with Crippen molar-refractivity contribution in [2.75, 3.05) is 14.1 Å². The quantitative estimate of drug-likeness (QED) is 0.796. The molecule has 3 saturated carbocycles. The lowest BCUT2D eigenvalue weighted by atomic mass is 9.59. The molecular formula is C16H21NO. The van der Waals surface area contributed by atoms with Crippen molar-refractivity contribution in [3.63, 3.8) is 0 Å². The Labute approximate surface area is 109 Å². The van der Waals surface area contributed by atoms with Gasteiger partial charge in [0.15, 0.2) is 0 Å². The third kappa shape index (κ3) is 1.79. The van der Waals surface area contributed by atoms with E-state index >= 15 is 0 Å². The Morgan fingerprint density at radius 3 is 2.44 bits per heavy atom. The molecule has 96 valence electrons. The van der Waals surface area contributed by atoms with Gasteiger partial charge in [-0.1, -0.05) is 30.3 Å². The first-order valence-corrected chi connectivity index (χ1v) is 6.92. The first-order valence-electron chi connectivity index (χ1n) is 6.92. The van der Waals surface area contributed by atoms with E-state index in [4.69, 9.17) is 0 Å². The van der Waals surface area contributed by atoms with Crippen molar-refractivity contribution in [3.8, 4) is 0 Å². The van der Waals surface area contributed by atoms with Crippen molar-refractivity contribution >= 4 is 5.78 Å². The van der Waals surface area contributed by atoms with Gasteiger partial charge in [0.25, 0.3) is 0 Å². The molecule has 3 aliphatic carbocycles. The summed E-state index contributed by atoms with van der Waals surface area (Å²) in [4.78, 5) is 14.4. The van der Waals surface area contributed by atoms with Crippen LogP contribution in [0.2, 0.25) is 0 Å². The van der Waals surface area contributed by atoms with Crippen LogP contribution < -0.4 is 0 Å². The summed E-state index contributed by atoms with van der Waals surface area (Å²) in [7, 11) is 4.24. The molecule has 0 aromatic heterocycles. The van der Waals surface area contributed by atoms with Gasteiger partial charge in [0.1, 0.15) is 5.78 Å². The second kappa shape index (κ2) is 4.51. The van der Waals surface area contributed by atoms with E-state index in [0.29, 0.717) is 23.7 Å². The highest BCUT2D eigenvalue weighted by Crippen LogP contribution is 2.49. The van der Waals surface area contributed by atoms with Gasteiger partial charge in [-0.2, -0.15) is 0 Å². The van der Waals surface area contributed by atoms with E-state index in [2.05, 4.69) is 49.3 Å². The number of rotatable bonds is 2. The number of hydrogen-bond donors (Lipinski definition) is 0. The monoisotopic (exact) mass is 243 g/mol. The molecule has 0 heterocycles. The van der Waals surface area contributed by atoms with Gasteiger partial charge >= 0.3 is 0 Å². The first-order chi connectivity index (χ1) is 8.68. The van der Waals surface area contributed by atoms with Crippen LogP contribution in [0.15, 0.2) is 30.3 Å². The van der Waals surface area contributed by atoms with E-state index in [1.807, 2.05) is 0 Å². The molecule has 1 aromatic rings. The molecule has 2 heteroatoms. The molecule has 0 spiro atoms. The van der Waals surface area contributed by atoms with E-state index in [0.717, 1.165) is 12.8 Å². The van der Waals surface area contributed by atoms with Gasteiger partial charge in [-0.3, -0.25) is 4.79 Å². The zero-order valence-electron chi connectivity index (χ0n) is 11.2. The predicted octanol–water partition coefficient (Wildman–Crippen LogP) is 2.70. The fraction of sp³-hybridized carbons (Fsp3) is 0.562. The predicted molar refractivity (Wildman–Crippen MR) is 72.5 cm³/mol. The lowest BCUT2D eigenvalue weighted by Crippen LogP contribution is -2.53. The van der Waals surface area contributed by atoms with Gasteiger partial charge < -0.3 is 4.90 Å². The summed E-state index contributed by atoms with van der Waals surface area (Å²) in [5.74, 6) is 1.85. The van der Waals surface area contributed by atoms with E-state index in [1.165, 1.54) is 12.0 Å². The van der Waals surface area contributed by atoms with E-state index in [9.17, 15) is 4.79 Å². The number of carbonyl (C=O) groups excluding carboxylic acids is 1. The zero-order chi connectivity index (χ0) is 12.7. The molecule has 3 aliphatic rings. The summed E-state index contributed by atoms with van der Waals surface area (Å²) in [5.41, 5.74) is 1.42. The molecule has 0 unspecified atom stereocenters. The van der Waals surface area contributed by atoms with Crippen LogP contribution >= 0.6 is 0 Å². The molecule has 3 fully saturated rings. The Morgan fingerprint density at radius 2 is 1.83 bits per heavy atom. The summed E-state index contributed by atoms with van der Waals surface area (Å²) in [6.07, 6.45) is 3.12. The van der Waals surface area contributed by atoms with Gasteiger partial charge in [-0.25, -0.2) is 0 Å². The molecule has 0 radical (unpaired) electrons. The highest BCUT2D eigenvalue weighted by atomic mass is 16.1. The topological polar surface area (TPSA) is 20.3 Å². The first kappa shape index (κ1) is 11.9. The van der Waals surface area contributed by atoms with Crippen molar-refractivity contribution in [2.45, 2.75) is 31.2 Å². The van der Waals surface area contributed by atoms with Crippen LogP contribution in [-0.2, 0) is 4.79 Å². The third-order valence-corrected chi connectivity index (χ3v) is 4.79. The SMILES string of the molecule is CN(C)[C@H]1[C@H](c2ccccc2)[C@H]2CC[C@@H]1C(=O)C2. The van der Waals surface area contributed by atoms with E-state index < -0.39 is 0 Å². The number of carbonyl (C=O) groups is 1. The largest absolute Gasteiger partial charge is 0.305 e. The van der Waals surface area contributed by atoms with Crippen LogP contribution in [0, 0.1) is 11.8 Å². The molecule has 4 rings (SSSR count). The van der Waals surface area contributed by atoms with Crippen LogP contribution in [0.3, 0.4) is 0 Å². The second-order valence-corrected chi connectivity index (χ2v) is 6.01. The number of ketones is 1. The van der Waals surface area contributed by atoms with Crippen LogP contribution in [-0.4, -0.2) is 30.8 Å². The van der Waals surface area contributed by atoms with Gasteiger partial charge in [-0.15, -0.1) is 0 Å². The van der Waals surface area contributed by atoms with Crippen LogP contribution in [0.25, 0.3) is 0 Å². The van der Waals surface area contributed by atoms with Gasteiger partial charge in [0.2, 0.25) is 0 Å². The number of likely N-dealkylation sites (N-methyl/N-ethyl adjacent to an activating group) is 1. The summed E-state index contributed by atoms with van der Waals surface area (Å²) in [6.45, 7) is 0. The highest BCUT2D eigenvalue weighted by Gasteiger charge is 2.49. The maximum absolute atomic E-state index is 12.1. The van der Waals surface area contributed by atoms with Gasteiger partial charge in [0, 0.05) is 24.3 Å². The fourth-order valence-electron chi connectivity index (χ4n) is 4.09. The second-order valence-electron chi connectivity index (χ2n) is 6.01. The van der Waals surface area contributed by atoms with Crippen molar-refractivity contribution in [2.24, 2.45) is 11.8 Å². The van der Waals surface area contributed by atoms with Crippen LogP contribution in [0.1, 0.15) is 30.7 Å².